The molecule has 4 heterocycles. The van der Waals surface area contributed by atoms with Gasteiger partial charge in [0.15, 0.2) is 0 Å². The zero-order chi connectivity index (χ0) is 30.1. The largest absolute Gasteiger partial charge is 0.490 e. The molecule has 0 radical (unpaired) electrons. The summed E-state index contributed by atoms with van der Waals surface area (Å²) in [5, 5.41) is 14.2. The molecule has 0 saturated carbocycles. The van der Waals surface area contributed by atoms with Gasteiger partial charge >= 0.3 is 24.3 Å². The summed E-state index contributed by atoms with van der Waals surface area (Å²) in [5.74, 6) is -4.97. The minimum Gasteiger partial charge on any atom is -0.475 e. The lowest BCUT2D eigenvalue weighted by molar-refractivity contribution is -0.193. The molecule has 0 bridgehead atoms. The third-order valence-corrected chi connectivity index (χ3v) is 5.88. The van der Waals surface area contributed by atoms with Crippen LogP contribution in [0.1, 0.15) is 24.1 Å². The minimum atomic E-state index is -5.08. The number of furan rings is 1. The molecule has 10 nitrogen and oxygen atoms in total. The van der Waals surface area contributed by atoms with E-state index in [4.69, 9.17) is 29.0 Å². The Labute approximate surface area is 224 Å². The second-order valence-electron chi connectivity index (χ2n) is 8.94. The van der Waals surface area contributed by atoms with Crippen LogP contribution < -0.4 is 0 Å². The van der Waals surface area contributed by atoms with Crippen molar-refractivity contribution in [3.05, 3.63) is 54.2 Å². The minimum absolute atomic E-state index is 0.0615. The first-order valence-electron chi connectivity index (χ1n) is 11.7. The molecule has 2 aromatic heterocycles. The number of aliphatic carboxylic acids is 2. The van der Waals surface area contributed by atoms with E-state index < -0.39 is 24.3 Å². The molecular formula is C24H27F6N3O7. The summed E-state index contributed by atoms with van der Waals surface area (Å²) in [7, 11) is 1.83. The molecule has 2 aliphatic rings. The van der Waals surface area contributed by atoms with E-state index in [2.05, 4.69) is 9.88 Å². The Kier molecular flexibility index (Phi) is 11.5. The molecule has 2 N–H and O–H groups in total. The van der Waals surface area contributed by atoms with Crippen molar-refractivity contribution >= 4 is 17.8 Å². The Balaban J connectivity index is 0.000000333. The molecule has 0 aliphatic carbocycles. The fraction of sp³-hybridized carbons (Fsp3) is 0.500. The average molecular weight is 583 g/mol. The van der Waals surface area contributed by atoms with Crippen molar-refractivity contribution in [2.24, 2.45) is 5.92 Å². The summed E-state index contributed by atoms with van der Waals surface area (Å²) >= 11 is 0. The number of ether oxygens (including phenoxy) is 1. The number of carboxylic acid groups (broad SMARTS) is 2. The van der Waals surface area contributed by atoms with E-state index in [1.807, 2.05) is 31.3 Å². The van der Waals surface area contributed by atoms with Crippen LogP contribution in [0.15, 0.2) is 47.4 Å². The number of piperidine rings is 1. The lowest BCUT2D eigenvalue weighted by Gasteiger charge is -2.33. The topological polar surface area (TPSA) is 133 Å². The van der Waals surface area contributed by atoms with Gasteiger partial charge in [-0.05, 0) is 43.5 Å². The second-order valence-corrected chi connectivity index (χ2v) is 8.94. The number of amides is 1. The van der Waals surface area contributed by atoms with E-state index in [-0.39, 0.29) is 18.1 Å². The van der Waals surface area contributed by atoms with Crippen molar-refractivity contribution in [2.75, 3.05) is 20.1 Å². The number of alkyl halides is 6. The van der Waals surface area contributed by atoms with E-state index in [1.54, 1.807) is 23.6 Å². The maximum Gasteiger partial charge on any atom is 0.490 e. The van der Waals surface area contributed by atoms with Gasteiger partial charge < -0.3 is 24.3 Å². The summed E-state index contributed by atoms with van der Waals surface area (Å²) in [6.07, 6.45) is -3.18. The van der Waals surface area contributed by atoms with Crippen LogP contribution in [-0.2, 0) is 32.2 Å². The van der Waals surface area contributed by atoms with E-state index in [9.17, 15) is 31.1 Å². The summed E-state index contributed by atoms with van der Waals surface area (Å²) in [5.41, 5.74) is 2.08. The number of carboxylic acids is 2. The van der Waals surface area contributed by atoms with Gasteiger partial charge in [-0.2, -0.15) is 26.3 Å². The lowest BCUT2D eigenvalue weighted by Crippen LogP contribution is -2.42. The van der Waals surface area contributed by atoms with Crippen LogP contribution in [0.2, 0.25) is 0 Å². The van der Waals surface area contributed by atoms with Gasteiger partial charge in [0.25, 0.3) is 5.91 Å². The third-order valence-electron chi connectivity index (χ3n) is 5.88. The molecule has 2 saturated heterocycles. The van der Waals surface area contributed by atoms with Gasteiger partial charge in [-0.1, -0.05) is 6.07 Å². The SMILES string of the molecule is CN(Cc1ccccn1)C(=O)[C@H]1C[C@@H]2CCN(Cc3ccoc3)C[C@H]2O1.O=C(O)C(F)(F)F.O=C(O)C(F)(F)F. The van der Waals surface area contributed by atoms with Gasteiger partial charge in [0.1, 0.15) is 6.10 Å². The fourth-order valence-corrected chi connectivity index (χ4v) is 4.00. The third kappa shape index (κ3) is 10.5. The molecule has 0 unspecified atom stereocenters. The molecule has 0 spiro atoms. The number of hydrogen-bond acceptors (Lipinski definition) is 7. The Hall–Kier alpha value is -3.66. The molecule has 222 valence electrons. The van der Waals surface area contributed by atoms with Gasteiger partial charge in [0.05, 0.1) is 30.9 Å². The number of halogens is 6. The number of carbonyl (C=O) groups is 3. The van der Waals surface area contributed by atoms with E-state index in [1.165, 1.54) is 5.56 Å². The van der Waals surface area contributed by atoms with Gasteiger partial charge in [0, 0.05) is 31.9 Å². The maximum atomic E-state index is 12.8. The first kappa shape index (κ1) is 32.6. The summed E-state index contributed by atoms with van der Waals surface area (Å²) in [6, 6.07) is 7.76. The Bertz CT molecular complexity index is 1070. The molecule has 2 aliphatic heterocycles. The number of pyridine rings is 1. The van der Waals surface area contributed by atoms with Crippen LogP contribution in [0.5, 0.6) is 0 Å². The number of carbonyl (C=O) groups excluding carboxylic acids is 1. The number of hydrogen-bond donors (Lipinski definition) is 2. The van der Waals surface area contributed by atoms with Crippen molar-refractivity contribution in [1.82, 2.24) is 14.8 Å². The predicted molar refractivity (Wildman–Crippen MR) is 123 cm³/mol. The highest BCUT2D eigenvalue weighted by Crippen LogP contribution is 2.34. The van der Waals surface area contributed by atoms with Gasteiger partial charge in [-0.25, -0.2) is 9.59 Å². The zero-order valence-electron chi connectivity index (χ0n) is 21.1. The second kappa shape index (κ2) is 14.1. The lowest BCUT2D eigenvalue weighted by atomic mass is 9.91. The molecule has 3 atom stereocenters. The molecular weight excluding hydrogens is 556 g/mol. The van der Waals surface area contributed by atoms with Gasteiger partial charge in [0.2, 0.25) is 0 Å². The first-order valence-corrected chi connectivity index (χ1v) is 11.7. The molecule has 1 amide bonds. The highest BCUT2D eigenvalue weighted by molar-refractivity contribution is 5.81. The normalized spacial score (nSPS) is 20.7. The number of aromatic nitrogens is 1. The first-order chi connectivity index (χ1) is 18.6. The number of fused-ring (bicyclic) bond motifs is 1. The Morgan fingerprint density at radius 1 is 1.07 bits per heavy atom. The van der Waals surface area contributed by atoms with Gasteiger partial charge in [-0.15, -0.1) is 0 Å². The quantitative estimate of drug-likeness (QED) is 0.507. The van der Waals surface area contributed by atoms with Crippen molar-refractivity contribution < 1.29 is 60.1 Å². The van der Waals surface area contributed by atoms with Crippen LogP contribution in [0.25, 0.3) is 0 Å². The summed E-state index contributed by atoms with van der Waals surface area (Å²) < 4.78 is 74.8. The maximum absolute atomic E-state index is 12.8. The van der Waals surface area contributed by atoms with Crippen molar-refractivity contribution in [2.45, 2.75) is 50.5 Å². The highest BCUT2D eigenvalue weighted by Gasteiger charge is 2.42. The van der Waals surface area contributed by atoms with E-state index in [0.29, 0.717) is 12.5 Å². The van der Waals surface area contributed by atoms with Crippen molar-refractivity contribution in [3.63, 3.8) is 0 Å². The van der Waals surface area contributed by atoms with Crippen molar-refractivity contribution in [1.29, 1.82) is 0 Å². The molecule has 4 rings (SSSR count). The smallest absolute Gasteiger partial charge is 0.475 e. The van der Waals surface area contributed by atoms with E-state index in [0.717, 1.165) is 38.2 Å². The molecule has 0 aromatic carbocycles. The summed E-state index contributed by atoms with van der Waals surface area (Å²) in [4.78, 5) is 39.0. The fourth-order valence-electron chi connectivity index (χ4n) is 4.00. The standard InChI is InChI=1S/C20H25N3O3.2C2HF3O2/c1-22(12-17-4-2-3-7-21-17)20(24)18-10-16-5-8-23(13-19(16)26-18)11-15-6-9-25-14-15;2*3-2(4,5)1(6)7/h2-4,6-7,9,14,16,18-19H,5,8,10-13H2,1H3;2*(H,6,7)/t16-,18+,19+;;/m0../s1. The number of likely N-dealkylation sites (tertiary alicyclic amines) is 1. The highest BCUT2D eigenvalue weighted by atomic mass is 19.4. The monoisotopic (exact) mass is 583 g/mol. The van der Waals surface area contributed by atoms with Crippen LogP contribution in [0.3, 0.4) is 0 Å². The molecule has 2 fully saturated rings. The van der Waals surface area contributed by atoms with E-state index >= 15 is 0 Å². The summed E-state index contributed by atoms with van der Waals surface area (Å²) in [6.45, 7) is 3.31. The number of likely N-dealkylation sites (N-methyl/N-ethyl adjacent to an activating group) is 1. The van der Waals surface area contributed by atoms with Crippen LogP contribution in [0, 0.1) is 5.92 Å². The van der Waals surface area contributed by atoms with Gasteiger partial charge in [-0.3, -0.25) is 14.7 Å². The molecule has 16 heteroatoms. The Morgan fingerprint density at radius 2 is 1.70 bits per heavy atom. The predicted octanol–water partition coefficient (Wildman–Crippen LogP) is 3.58. The van der Waals surface area contributed by atoms with Crippen molar-refractivity contribution in [3.8, 4) is 0 Å². The number of rotatable bonds is 5. The Morgan fingerprint density at radius 3 is 2.20 bits per heavy atom. The number of nitrogens with zero attached hydrogens (tertiary/aromatic N) is 3. The van der Waals surface area contributed by atoms with Crippen LogP contribution in [0.4, 0.5) is 26.3 Å². The zero-order valence-corrected chi connectivity index (χ0v) is 21.1. The average Bonchev–Trinajstić information content (AvgIpc) is 3.53. The van der Waals surface area contributed by atoms with Crippen LogP contribution >= 0.6 is 0 Å². The van der Waals surface area contributed by atoms with Crippen LogP contribution in [-0.4, -0.2) is 87.5 Å². The molecule has 40 heavy (non-hydrogen) atoms. The molecule has 2 aromatic rings.